The van der Waals surface area contributed by atoms with Crippen LogP contribution in [-0.2, 0) is 43.8 Å². The fraction of sp³-hybridized carbons (Fsp3) is 0.436. The van der Waals surface area contributed by atoms with E-state index in [-0.39, 0.29) is 41.1 Å². The first-order valence-electron chi connectivity index (χ1n) is 18.2. The van der Waals surface area contributed by atoms with Crippen LogP contribution in [0, 0.1) is 23.5 Å². The number of fused-ring (bicyclic) bond motifs is 1. The van der Waals surface area contributed by atoms with Gasteiger partial charge in [0.25, 0.3) is 5.95 Å². The average Bonchev–Trinajstić information content (AvgIpc) is 3.81. The van der Waals surface area contributed by atoms with Gasteiger partial charge >= 0.3 is 12.4 Å². The first-order chi connectivity index (χ1) is 26.2. The summed E-state index contributed by atoms with van der Waals surface area (Å²) in [6.45, 7) is 1.22. The van der Waals surface area contributed by atoms with E-state index in [1.807, 2.05) is 30.3 Å². The van der Waals surface area contributed by atoms with Crippen LogP contribution in [0.2, 0.25) is 0 Å². The maximum absolute atomic E-state index is 14.5. The SMILES string of the molecule is Cn1nnc(N(Cc2cc(C(F)(F)F)cc(C(F)(F)F)c2)Cc2cc3cc(F)c(F)cc3nc2N2CCC[C@@H]2[C@H]2CC[C@H](COCc3ccccc3)CC2)n1. The lowest BCUT2D eigenvalue weighted by molar-refractivity contribution is -0.143. The van der Waals surface area contributed by atoms with Crippen LogP contribution < -0.4 is 9.80 Å². The minimum Gasteiger partial charge on any atom is -0.376 e. The summed E-state index contributed by atoms with van der Waals surface area (Å²) in [4.78, 5) is 9.54. The van der Waals surface area contributed by atoms with E-state index in [0.29, 0.717) is 55.1 Å². The molecule has 3 heterocycles. The Morgan fingerprint density at radius 3 is 2.15 bits per heavy atom. The van der Waals surface area contributed by atoms with Gasteiger partial charge in [-0.2, -0.15) is 31.1 Å². The smallest absolute Gasteiger partial charge is 0.376 e. The maximum atomic E-state index is 14.5. The highest BCUT2D eigenvalue weighted by Gasteiger charge is 2.38. The normalized spacial score (nSPS) is 19.4. The van der Waals surface area contributed by atoms with Gasteiger partial charge in [-0.05, 0) is 97.0 Å². The van der Waals surface area contributed by atoms with Gasteiger partial charge in [-0.1, -0.05) is 35.4 Å². The van der Waals surface area contributed by atoms with E-state index in [1.165, 1.54) is 11.9 Å². The second-order valence-corrected chi connectivity index (χ2v) is 14.5. The molecule has 1 aliphatic carbocycles. The fourth-order valence-electron chi connectivity index (χ4n) is 7.90. The van der Waals surface area contributed by atoms with Crippen molar-refractivity contribution in [3.8, 4) is 0 Å². The molecular formula is C39H39F8N7O. The van der Waals surface area contributed by atoms with E-state index in [9.17, 15) is 35.1 Å². The van der Waals surface area contributed by atoms with Crippen LogP contribution >= 0.6 is 0 Å². The van der Waals surface area contributed by atoms with Gasteiger partial charge < -0.3 is 14.5 Å². The summed E-state index contributed by atoms with van der Waals surface area (Å²) >= 11 is 0. The minimum absolute atomic E-state index is 0.0596. The van der Waals surface area contributed by atoms with Crippen LogP contribution in [0.1, 0.15) is 66.3 Å². The van der Waals surface area contributed by atoms with Gasteiger partial charge in [0, 0.05) is 49.3 Å². The van der Waals surface area contributed by atoms with Crippen LogP contribution in [0.4, 0.5) is 46.9 Å². The zero-order valence-corrected chi connectivity index (χ0v) is 29.9. The lowest BCUT2D eigenvalue weighted by atomic mass is 9.78. The predicted octanol–water partition coefficient (Wildman–Crippen LogP) is 9.27. The van der Waals surface area contributed by atoms with Crippen molar-refractivity contribution in [2.45, 2.75) is 76.6 Å². The molecule has 2 aromatic heterocycles. The van der Waals surface area contributed by atoms with Gasteiger partial charge in [-0.15, -0.1) is 5.10 Å². The molecule has 292 valence electrons. The topological polar surface area (TPSA) is 72.2 Å². The quantitative estimate of drug-likeness (QED) is 0.124. The molecule has 0 spiro atoms. The Morgan fingerprint density at radius 2 is 1.49 bits per heavy atom. The molecule has 1 saturated heterocycles. The molecule has 16 heteroatoms. The molecule has 0 radical (unpaired) electrons. The number of hydrogen-bond acceptors (Lipinski definition) is 7. The number of hydrogen-bond donors (Lipinski definition) is 0. The summed E-state index contributed by atoms with van der Waals surface area (Å²) in [6.07, 6.45) is -4.49. The van der Waals surface area contributed by atoms with Gasteiger partial charge in [0.2, 0.25) is 0 Å². The lowest BCUT2D eigenvalue weighted by Gasteiger charge is -2.38. The van der Waals surface area contributed by atoms with Crippen LogP contribution in [0.3, 0.4) is 0 Å². The monoisotopic (exact) mass is 773 g/mol. The standard InChI is InChI=1S/C39H39F8N7O/c1-52-50-37(49-51-52)53(20-26-14-30(38(42,43)44)18-31(15-26)39(45,46)47)21-29-16-28-17-32(40)33(41)19-34(28)48-36(29)54-13-5-8-35(54)27-11-9-25(10-12-27)23-55-22-24-6-3-2-4-7-24/h2-4,6-7,14-19,25,27,35H,5,8-13,20-23H2,1H3/t25-,27-,35-/m1/s1. The van der Waals surface area contributed by atoms with Crippen LogP contribution in [-0.4, -0.2) is 44.4 Å². The summed E-state index contributed by atoms with van der Waals surface area (Å²) in [5, 5.41) is 12.4. The third-order valence-electron chi connectivity index (χ3n) is 10.5. The van der Waals surface area contributed by atoms with Gasteiger partial charge in [-0.25, -0.2) is 13.8 Å². The van der Waals surface area contributed by atoms with E-state index in [0.717, 1.165) is 61.0 Å². The Morgan fingerprint density at radius 1 is 0.800 bits per heavy atom. The average molecular weight is 774 g/mol. The van der Waals surface area contributed by atoms with E-state index in [2.05, 4.69) is 20.3 Å². The maximum Gasteiger partial charge on any atom is 0.416 e. The number of pyridine rings is 1. The number of anilines is 2. The molecule has 0 unspecified atom stereocenters. The molecule has 3 aromatic carbocycles. The van der Waals surface area contributed by atoms with Crippen molar-refractivity contribution in [1.82, 2.24) is 25.2 Å². The molecule has 7 rings (SSSR count). The zero-order chi connectivity index (χ0) is 38.9. The Kier molecular flexibility index (Phi) is 11.0. The number of aromatic nitrogens is 5. The van der Waals surface area contributed by atoms with Crippen molar-refractivity contribution >= 4 is 22.7 Å². The van der Waals surface area contributed by atoms with Crippen molar-refractivity contribution in [1.29, 1.82) is 0 Å². The van der Waals surface area contributed by atoms with Crippen LogP contribution in [0.5, 0.6) is 0 Å². The summed E-state index contributed by atoms with van der Waals surface area (Å²) in [5.74, 6) is -1.01. The first kappa shape index (κ1) is 38.4. The van der Waals surface area contributed by atoms with Gasteiger partial charge in [0.1, 0.15) is 5.82 Å². The number of benzene rings is 3. The van der Waals surface area contributed by atoms with Crippen molar-refractivity contribution in [2.24, 2.45) is 18.9 Å². The summed E-state index contributed by atoms with van der Waals surface area (Å²) < 4.78 is 118. The zero-order valence-electron chi connectivity index (χ0n) is 29.9. The van der Waals surface area contributed by atoms with E-state index in [1.54, 1.807) is 6.07 Å². The van der Waals surface area contributed by atoms with Crippen LogP contribution in [0.25, 0.3) is 10.9 Å². The Balaban J connectivity index is 1.18. The molecular weight excluding hydrogens is 734 g/mol. The molecule has 55 heavy (non-hydrogen) atoms. The molecule has 8 nitrogen and oxygen atoms in total. The van der Waals surface area contributed by atoms with E-state index < -0.39 is 41.7 Å². The van der Waals surface area contributed by atoms with Crippen molar-refractivity contribution in [2.75, 3.05) is 23.0 Å². The van der Waals surface area contributed by atoms with Crippen molar-refractivity contribution in [3.05, 3.63) is 106 Å². The molecule has 0 N–H and O–H groups in total. The lowest BCUT2D eigenvalue weighted by Crippen LogP contribution is -2.39. The summed E-state index contributed by atoms with van der Waals surface area (Å²) in [7, 11) is 1.47. The van der Waals surface area contributed by atoms with Crippen LogP contribution in [0.15, 0.2) is 66.7 Å². The molecule has 1 saturated carbocycles. The molecule has 0 amide bonds. The Labute approximate surface area is 312 Å². The largest absolute Gasteiger partial charge is 0.416 e. The number of aryl methyl sites for hydroxylation is 1. The number of halogens is 8. The van der Waals surface area contributed by atoms with E-state index >= 15 is 0 Å². The molecule has 1 atom stereocenters. The van der Waals surface area contributed by atoms with Gasteiger partial charge in [-0.3, -0.25) is 0 Å². The highest BCUT2D eigenvalue weighted by Crippen LogP contribution is 2.41. The van der Waals surface area contributed by atoms with Crippen molar-refractivity contribution in [3.63, 3.8) is 0 Å². The Hall–Kier alpha value is -4.86. The molecule has 0 bridgehead atoms. The number of tetrazole rings is 1. The minimum atomic E-state index is -5.04. The third-order valence-corrected chi connectivity index (χ3v) is 10.5. The number of rotatable bonds is 11. The second kappa shape index (κ2) is 15.7. The summed E-state index contributed by atoms with van der Waals surface area (Å²) in [5.41, 5.74) is -1.38. The molecule has 5 aromatic rings. The predicted molar refractivity (Wildman–Crippen MR) is 189 cm³/mol. The molecule has 1 aliphatic heterocycles. The van der Waals surface area contributed by atoms with Crippen molar-refractivity contribution < 1.29 is 39.9 Å². The summed E-state index contributed by atoms with van der Waals surface area (Å²) in [6, 6.07) is 15.1. The van der Waals surface area contributed by atoms with Gasteiger partial charge in [0.15, 0.2) is 11.6 Å². The number of alkyl halides is 6. The fourth-order valence-corrected chi connectivity index (χ4v) is 7.90. The first-order valence-corrected chi connectivity index (χ1v) is 18.2. The third kappa shape index (κ3) is 9.00. The number of ether oxygens (including phenoxy) is 1. The number of nitrogens with zero attached hydrogens (tertiary/aromatic N) is 7. The van der Waals surface area contributed by atoms with Gasteiger partial charge in [0.05, 0.1) is 30.3 Å². The van der Waals surface area contributed by atoms with E-state index in [4.69, 9.17) is 9.72 Å². The second-order valence-electron chi connectivity index (χ2n) is 14.5. The molecule has 2 aliphatic rings. The molecule has 2 fully saturated rings. The highest BCUT2D eigenvalue weighted by molar-refractivity contribution is 5.82. The Bertz CT molecular complexity index is 2070. The highest BCUT2D eigenvalue weighted by atomic mass is 19.4.